The summed E-state index contributed by atoms with van der Waals surface area (Å²) in [6.45, 7) is 6.19. The number of aliphatic hydroxyl groups excluding tert-OH is 1. The van der Waals surface area contributed by atoms with Crippen LogP contribution in [0.3, 0.4) is 0 Å². The molecule has 0 aromatic heterocycles. The summed E-state index contributed by atoms with van der Waals surface area (Å²) in [5.41, 5.74) is 0.937. The van der Waals surface area contributed by atoms with Gasteiger partial charge >= 0.3 is 0 Å². The molecule has 0 aliphatic carbocycles. The first-order chi connectivity index (χ1) is 9.61. The van der Waals surface area contributed by atoms with Crippen molar-refractivity contribution in [1.29, 1.82) is 0 Å². The number of rotatable bonds is 9. The van der Waals surface area contributed by atoms with E-state index in [0.717, 1.165) is 12.1 Å². The molecule has 4 nitrogen and oxygen atoms in total. The Labute approximate surface area is 122 Å². The van der Waals surface area contributed by atoms with Gasteiger partial charge in [0.1, 0.15) is 0 Å². The Hall–Kier alpha value is -0.940. The van der Waals surface area contributed by atoms with E-state index in [2.05, 4.69) is 11.8 Å². The van der Waals surface area contributed by atoms with E-state index in [0.29, 0.717) is 13.2 Å². The van der Waals surface area contributed by atoms with Crippen molar-refractivity contribution in [1.82, 2.24) is 4.90 Å². The first-order valence-electron chi connectivity index (χ1n) is 7.08. The average Bonchev–Trinajstić information content (AvgIpc) is 2.48. The fourth-order valence-electron chi connectivity index (χ4n) is 2.47. The van der Waals surface area contributed by atoms with Crippen LogP contribution < -0.4 is 0 Å². The minimum absolute atomic E-state index is 0.00213. The lowest BCUT2D eigenvalue weighted by Gasteiger charge is -2.36. The maximum atomic E-state index is 10.6. The highest BCUT2D eigenvalue weighted by atomic mass is 16.5. The minimum Gasteiger partial charge on any atom is -0.387 e. The van der Waals surface area contributed by atoms with Crippen molar-refractivity contribution in [3.63, 3.8) is 0 Å². The van der Waals surface area contributed by atoms with Gasteiger partial charge in [-0.15, -0.1) is 0 Å². The summed E-state index contributed by atoms with van der Waals surface area (Å²) in [7, 11) is 3.39. The lowest BCUT2D eigenvalue weighted by Crippen LogP contribution is -2.46. The molecule has 3 unspecified atom stereocenters. The van der Waals surface area contributed by atoms with Crippen molar-refractivity contribution in [2.45, 2.75) is 32.0 Å². The zero-order valence-electron chi connectivity index (χ0n) is 13.0. The third kappa shape index (κ3) is 4.87. The van der Waals surface area contributed by atoms with Gasteiger partial charge in [0.25, 0.3) is 0 Å². The summed E-state index contributed by atoms with van der Waals surface area (Å²) in [4.78, 5) is 2.23. The molecule has 0 radical (unpaired) electrons. The zero-order chi connectivity index (χ0) is 15.0. The predicted molar refractivity (Wildman–Crippen MR) is 80.8 cm³/mol. The van der Waals surface area contributed by atoms with Crippen molar-refractivity contribution in [2.24, 2.45) is 0 Å². The molecule has 114 valence electrons. The molecule has 0 amide bonds. The largest absolute Gasteiger partial charge is 0.387 e. The van der Waals surface area contributed by atoms with Gasteiger partial charge in [0.2, 0.25) is 0 Å². The lowest BCUT2D eigenvalue weighted by molar-refractivity contribution is -0.000820. The summed E-state index contributed by atoms with van der Waals surface area (Å²) < 4.78 is 10.4. The van der Waals surface area contributed by atoms with Crippen LogP contribution >= 0.6 is 0 Å². The van der Waals surface area contributed by atoms with E-state index >= 15 is 0 Å². The highest BCUT2D eigenvalue weighted by Gasteiger charge is 2.26. The van der Waals surface area contributed by atoms with Crippen LogP contribution in [0.1, 0.15) is 25.5 Å². The van der Waals surface area contributed by atoms with Gasteiger partial charge in [-0.3, -0.25) is 4.90 Å². The Bertz CT molecular complexity index is 358. The Morgan fingerprint density at radius 2 is 1.75 bits per heavy atom. The molecular formula is C16H27NO3. The molecule has 0 aliphatic rings. The molecule has 0 saturated carbocycles. The molecule has 1 rings (SSSR count). The fraction of sp³-hybridized carbons (Fsp3) is 0.625. The van der Waals surface area contributed by atoms with Crippen LogP contribution in [-0.4, -0.2) is 56.1 Å². The average molecular weight is 281 g/mol. The van der Waals surface area contributed by atoms with E-state index in [9.17, 15) is 5.11 Å². The van der Waals surface area contributed by atoms with Gasteiger partial charge in [-0.25, -0.2) is 0 Å². The van der Waals surface area contributed by atoms with E-state index < -0.39 is 6.10 Å². The summed E-state index contributed by atoms with van der Waals surface area (Å²) in [5, 5.41) is 10.6. The molecule has 0 bridgehead atoms. The van der Waals surface area contributed by atoms with Crippen LogP contribution in [0.15, 0.2) is 30.3 Å². The highest BCUT2D eigenvalue weighted by molar-refractivity contribution is 5.18. The summed E-state index contributed by atoms with van der Waals surface area (Å²) >= 11 is 0. The molecule has 0 fully saturated rings. The Kier molecular flexibility index (Phi) is 7.77. The van der Waals surface area contributed by atoms with Crippen LogP contribution in [0.5, 0.6) is 0 Å². The number of ether oxygens (including phenoxy) is 2. The maximum absolute atomic E-state index is 10.6. The Morgan fingerprint density at radius 1 is 1.10 bits per heavy atom. The molecule has 0 spiro atoms. The van der Waals surface area contributed by atoms with Crippen LogP contribution in [0, 0.1) is 0 Å². The van der Waals surface area contributed by atoms with E-state index in [4.69, 9.17) is 9.47 Å². The summed E-state index contributed by atoms with van der Waals surface area (Å²) in [5.74, 6) is 0. The number of aliphatic hydroxyl groups is 1. The standard InChI is InChI=1S/C16H27NO3/c1-13(12-20-4)17(10-11-19-3)14(2)16(18)15-8-6-5-7-9-15/h5-9,13-14,16,18H,10-12H2,1-4H3. The quantitative estimate of drug-likeness (QED) is 0.752. The number of hydrogen-bond acceptors (Lipinski definition) is 4. The van der Waals surface area contributed by atoms with Crippen molar-refractivity contribution < 1.29 is 14.6 Å². The van der Waals surface area contributed by atoms with Crippen molar-refractivity contribution >= 4 is 0 Å². The number of methoxy groups -OCH3 is 2. The van der Waals surface area contributed by atoms with Gasteiger partial charge in [0, 0.05) is 32.8 Å². The second-order valence-electron chi connectivity index (χ2n) is 5.13. The van der Waals surface area contributed by atoms with Crippen molar-refractivity contribution in [3.05, 3.63) is 35.9 Å². The van der Waals surface area contributed by atoms with E-state index in [1.54, 1.807) is 14.2 Å². The summed E-state index contributed by atoms with van der Waals surface area (Å²) in [6, 6.07) is 9.98. The summed E-state index contributed by atoms with van der Waals surface area (Å²) in [6.07, 6.45) is -0.521. The maximum Gasteiger partial charge on any atom is 0.0942 e. The molecule has 20 heavy (non-hydrogen) atoms. The fourth-order valence-corrected chi connectivity index (χ4v) is 2.47. The molecule has 3 atom stereocenters. The second kappa shape index (κ2) is 9.08. The topological polar surface area (TPSA) is 41.9 Å². The molecule has 0 saturated heterocycles. The molecule has 1 aromatic carbocycles. The van der Waals surface area contributed by atoms with Crippen LogP contribution in [0.4, 0.5) is 0 Å². The van der Waals surface area contributed by atoms with Crippen LogP contribution in [-0.2, 0) is 9.47 Å². The third-order valence-corrected chi connectivity index (χ3v) is 3.65. The Morgan fingerprint density at radius 3 is 2.30 bits per heavy atom. The zero-order valence-corrected chi connectivity index (χ0v) is 13.0. The van der Waals surface area contributed by atoms with E-state index in [-0.39, 0.29) is 12.1 Å². The second-order valence-corrected chi connectivity index (χ2v) is 5.13. The SMILES string of the molecule is COCCN(C(C)COC)C(C)C(O)c1ccccc1. The minimum atomic E-state index is -0.521. The van der Waals surface area contributed by atoms with Gasteiger partial charge in [0.05, 0.1) is 19.3 Å². The molecular weight excluding hydrogens is 254 g/mol. The van der Waals surface area contributed by atoms with E-state index in [1.165, 1.54) is 0 Å². The van der Waals surface area contributed by atoms with Gasteiger partial charge in [-0.05, 0) is 19.4 Å². The van der Waals surface area contributed by atoms with Crippen LogP contribution in [0.25, 0.3) is 0 Å². The first-order valence-corrected chi connectivity index (χ1v) is 7.08. The molecule has 0 aliphatic heterocycles. The third-order valence-electron chi connectivity index (χ3n) is 3.65. The number of nitrogens with zero attached hydrogens (tertiary/aromatic N) is 1. The van der Waals surface area contributed by atoms with Crippen molar-refractivity contribution in [3.8, 4) is 0 Å². The molecule has 1 N–H and O–H groups in total. The lowest BCUT2D eigenvalue weighted by atomic mass is 10.0. The van der Waals surface area contributed by atoms with E-state index in [1.807, 2.05) is 37.3 Å². The number of benzene rings is 1. The van der Waals surface area contributed by atoms with Gasteiger partial charge in [0.15, 0.2) is 0 Å². The molecule has 1 aromatic rings. The van der Waals surface area contributed by atoms with Crippen LogP contribution in [0.2, 0.25) is 0 Å². The molecule has 0 heterocycles. The highest BCUT2D eigenvalue weighted by Crippen LogP contribution is 2.22. The monoisotopic (exact) mass is 281 g/mol. The van der Waals surface area contributed by atoms with Gasteiger partial charge < -0.3 is 14.6 Å². The predicted octanol–water partition coefficient (Wildman–Crippen LogP) is 2.09. The molecule has 4 heteroatoms. The van der Waals surface area contributed by atoms with Gasteiger partial charge in [-0.2, -0.15) is 0 Å². The van der Waals surface area contributed by atoms with Gasteiger partial charge in [-0.1, -0.05) is 30.3 Å². The first kappa shape index (κ1) is 17.1. The normalized spacial score (nSPS) is 16.1. The smallest absolute Gasteiger partial charge is 0.0942 e. The van der Waals surface area contributed by atoms with Crippen molar-refractivity contribution in [2.75, 3.05) is 34.0 Å². The Balaban J connectivity index is 2.77. The number of hydrogen-bond donors (Lipinski definition) is 1.